The van der Waals surface area contributed by atoms with E-state index >= 15 is 0 Å². The maximum Gasteiger partial charge on any atom is 0.0378 e. The smallest absolute Gasteiger partial charge is 0.0378 e. The SMILES string of the molecule is FN1C=CC=CC=C1. The highest BCUT2D eigenvalue weighted by Gasteiger charge is 1.84. The Kier molecular flexibility index (Phi) is 1.47. The van der Waals surface area contributed by atoms with Crippen LogP contribution in [0.5, 0.6) is 0 Å². The third-order valence-corrected chi connectivity index (χ3v) is 0.790. The molecule has 0 aromatic heterocycles. The number of allylic oxidation sites excluding steroid dienone is 4. The summed E-state index contributed by atoms with van der Waals surface area (Å²) >= 11 is 0. The molecule has 1 rings (SSSR count). The van der Waals surface area contributed by atoms with E-state index in [2.05, 4.69) is 0 Å². The van der Waals surface area contributed by atoms with Crippen LogP contribution in [0.25, 0.3) is 0 Å². The van der Waals surface area contributed by atoms with Crippen molar-refractivity contribution < 1.29 is 4.48 Å². The van der Waals surface area contributed by atoms with Gasteiger partial charge in [-0.25, -0.2) is 0 Å². The molecular formula is C6H6FN. The Bertz CT molecular complexity index is 131. The quantitative estimate of drug-likeness (QED) is 0.430. The van der Waals surface area contributed by atoms with Crippen LogP contribution in [0.15, 0.2) is 36.7 Å². The summed E-state index contributed by atoms with van der Waals surface area (Å²) in [4.78, 5) is 0. The molecule has 2 heteroatoms. The molecule has 0 atom stereocenters. The van der Waals surface area contributed by atoms with E-state index in [4.69, 9.17) is 0 Å². The zero-order valence-corrected chi connectivity index (χ0v) is 4.29. The van der Waals surface area contributed by atoms with Crippen LogP contribution in [0.3, 0.4) is 0 Å². The van der Waals surface area contributed by atoms with Crippen molar-refractivity contribution in [1.29, 1.82) is 0 Å². The number of halogens is 1. The third-order valence-electron chi connectivity index (χ3n) is 0.790. The molecule has 0 bridgehead atoms. The highest BCUT2D eigenvalue weighted by Crippen LogP contribution is 1.96. The third kappa shape index (κ3) is 1.22. The Morgan fingerprint density at radius 2 is 1.38 bits per heavy atom. The molecule has 0 aliphatic carbocycles. The Morgan fingerprint density at radius 1 is 0.875 bits per heavy atom. The monoisotopic (exact) mass is 111 g/mol. The van der Waals surface area contributed by atoms with Crippen molar-refractivity contribution in [3.8, 4) is 0 Å². The van der Waals surface area contributed by atoms with Crippen molar-refractivity contribution in [2.24, 2.45) is 0 Å². The van der Waals surface area contributed by atoms with Crippen molar-refractivity contribution in [1.82, 2.24) is 5.12 Å². The molecule has 0 aromatic carbocycles. The van der Waals surface area contributed by atoms with Crippen LogP contribution < -0.4 is 0 Å². The van der Waals surface area contributed by atoms with Crippen LogP contribution >= 0.6 is 0 Å². The van der Waals surface area contributed by atoms with Gasteiger partial charge in [0.1, 0.15) is 0 Å². The molecule has 1 aliphatic rings. The summed E-state index contributed by atoms with van der Waals surface area (Å²) in [6.07, 6.45) is 9.44. The summed E-state index contributed by atoms with van der Waals surface area (Å²) in [5, 5.41) is 0.500. The van der Waals surface area contributed by atoms with E-state index in [0.717, 1.165) is 0 Å². The zero-order valence-electron chi connectivity index (χ0n) is 4.29. The van der Waals surface area contributed by atoms with Crippen molar-refractivity contribution in [2.75, 3.05) is 0 Å². The van der Waals surface area contributed by atoms with Gasteiger partial charge in [-0.1, -0.05) is 16.6 Å². The van der Waals surface area contributed by atoms with E-state index in [0.29, 0.717) is 5.12 Å². The van der Waals surface area contributed by atoms with Gasteiger partial charge in [-0.3, -0.25) is 0 Å². The summed E-state index contributed by atoms with van der Waals surface area (Å²) in [5.74, 6) is 0. The molecule has 0 N–H and O–H groups in total. The Hall–Kier alpha value is -1.05. The van der Waals surface area contributed by atoms with Crippen molar-refractivity contribution in [3.05, 3.63) is 36.7 Å². The van der Waals surface area contributed by atoms with Gasteiger partial charge in [0.2, 0.25) is 0 Å². The van der Waals surface area contributed by atoms with Crippen LogP contribution in [-0.2, 0) is 0 Å². The molecule has 0 saturated carbocycles. The average molecular weight is 111 g/mol. The summed E-state index contributed by atoms with van der Waals surface area (Å²) in [6.45, 7) is 0. The minimum atomic E-state index is 0.500. The van der Waals surface area contributed by atoms with Gasteiger partial charge in [0.25, 0.3) is 0 Å². The Morgan fingerprint density at radius 3 is 1.88 bits per heavy atom. The topological polar surface area (TPSA) is 3.24 Å². The average Bonchev–Trinajstić information content (AvgIpc) is 1.94. The van der Waals surface area contributed by atoms with Crippen LogP contribution in [0.1, 0.15) is 0 Å². The standard InChI is InChI=1S/C6H6FN/c7-8-5-3-1-2-4-6-8/h1-6H. The lowest BCUT2D eigenvalue weighted by Gasteiger charge is -1.94. The van der Waals surface area contributed by atoms with Gasteiger partial charge in [-0.15, -0.1) is 0 Å². The van der Waals surface area contributed by atoms with Crippen molar-refractivity contribution in [2.45, 2.75) is 0 Å². The minimum Gasteiger partial charge on any atom is -0.194 e. The first-order chi connectivity index (χ1) is 3.89. The van der Waals surface area contributed by atoms with Gasteiger partial charge >= 0.3 is 0 Å². The molecule has 8 heavy (non-hydrogen) atoms. The van der Waals surface area contributed by atoms with Gasteiger partial charge in [0, 0.05) is 12.4 Å². The number of hydrogen-bond donors (Lipinski definition) is 0. The van der Waals surface area contributed by atoms with Gasteiger partial charge < -0.3 is 0 Å². The predicted octanol–water partition coefficient (Wildman–Crippen LogP) is 1.77. The number of nitrogens with zero attached hydrogens (tertiary/aromatic N) is 1. The molecule has 42 valence electrons. The fourth-order valence-corrected chi connectivity index (χ4v) is 0.442. The summed E-state index contributed by atoms with van der Waals surface area (Å²) in [6, 6.07) is 0. The first-order valence-electron chi connectivity index (χ1n) is 2.35. The molecule has 0 amide bonds. The number of hydrogen-bond acceptors (Lipinski definition) is 1. The molecule has 0 radical (unpaired) electrons. The molecule has 1 nitrogen and oxygen atoms in total. The molecule has 1 aliphatic heterocycles. The second-order valence-corrected chi connectivity index (χ2v) is 1.41. The fraction of sp³-hybridized carbons (Fsp3) is 0. The summed E-state index contributed by atoms with van der Waals surface area (Å²) in [7, 11) is 0. The highest BCUT2D eigenvalue weighted by atomic mass is 19.2. The van der Waals surface area contributed by atoms with Gasteiger partial charge in [-0.2, -0.15) is 5.12 Å². The van der Waals surface area contributed by atoms with Crippen LogP contribution in [-0.4, -0.2) is 5.12 Å². The second kappa shape index (κ2) is 2.31. The maximum absolute atomic E-state index is 12.1. The van der Waals surface area contributed by atoms with Crippen LogP contribution in [0.4, 0.5) is 4.48 Å². The lowest BCUT2D eigenvalue weighted by molar-refractivity contribution is 0.160. The molecule has 0 aromatic rings. The van der Waals surface area contributed by atoms with E-state index in [9.17, 15) is 4.48 Å². The highest BCUT2D eigenvalue weighted by molar-refractivity contribution is 5.13. The molecule has 1 heterocycles. The van der Waals surface area contributed by atoms with Gasteiger partial charge in [-0.05, 0) is 12.2 Å². The second-order valence-electron chi connectivity index (χ2n) is 1.41. The van der Waals surface area contributed by atoms with Gasteiger partial charge in [0.05, 0.1) is 0 Å². The predicted molar refractivity (Wildman–Crippen MR) is 30.4 cm³/mol. The lowest BCUT2D eigenvalue weighted by Crippen LogP contribution is -1.89. The van der Waals surface area contributed by atoms with Gasteiger partial charge in [0.15, 0.2) is 0 Å². The minimum absolute atomic E-state index is 0.500. The first kappa shape index (κ1) is 5.09. The molecular weight excluding hydrogens is 105 g/mol. The van der Waals surface area contributed by atoms with Crippen LogP contribution in [0, 0.1) is 0 Å². The molecule has 0 unspecified atom stereocenters. The van der Waals surface area contributed by atoms with E-state index in [-0.39, 0.29) is 0 Å². The van der Waals surface area contributed by atoms with E-state index in [1.165, 1.54) is 12.4 Å². The zero-order chi connectivity index (χ0) is 5.82. The number of rotatable bonds is 0. The molecule has 0 fully saturated rings. The summed E-state index contributed by atoms with van der Waals surface area (Å²) in [5.41, 5.74) is 0. The molecule has 0 spiro atoms. The van der Waals surface area contributed by atoms with E-state index < -0.39 is 0 Å². The Labute approximate surface area is 47.3 Å². The van der Waals surface area contributed by atoms with Crippen molar-refractivity contribution >= 4 is 0 Å². The lowest BCUT2D eigenvalue weighted by atomic mass is 10.5. The normalized spacial score (nSPS) is 16.9. The van der Waals surface area contributed by atoms with E-state index in [1.807, 2.05) is 0 Å². The first-order valence-corrected chi connectivity index (χ1v) is 2.35. The van der Waals surface area contributed by atoms with Crippen LogP contribution in [0.2, 0.25) is 0 Å². The maximum atomic E-state index is 12.1. The Balaban J connectivity index is 2.66. The fourth-order valence-electron chi connectivity index (χ4n) is 0.442. The summed E-state index contributed by atoms with van der Waals surface area (Å²) < 4.78 is 12.1. The van der Waals surface area contributed by atoms with Crippen molar-refractivity contribution in [3.63, 3.8) is 0 Å². The largest absolute Gasteiger partial charge is 0.194 e. The molecule has 0 saturated heterocycles. The van der Waals surface area contributed by atoms with E-state index in [1.54, 1.807) is 24.3 Å².